The van der Waals surface area contributed by atoms with E-state index in [0.29, 0.717) is 19.0 Å². The van der Waals surface area contributed by atoms with Crippen LogP contribution in [0.3, 0.4) is 0 Å². The first-order valence-electron chi connectivity index (χ1n) is 7.39. The smallest absolute Gasteiger partial charge is 0.314 e. The Balaban J connectivity index is 2.52. The summed E-state index contributed by atoms with van der Waals surface area (Å²) in [6, 6.07) is -0.144. The van der Waals surface area contributed by atoms with Gasteiger partial charge in [0.1, 0.15) is 0 Å². The largest absolute Gasteiger partial charge is 0.393 e. The minimum atomic E-state index is -0.385. The molecule has 0 aliphatic carbocycles. The highest BCUT2D eigenvalue weighted by atomic mass is 16.3. The first-order chi connectivity index (χ1) is 8.93. The second-order valence-corrected chi connectivity index (χ2v) is 6.05. The van der Waals surface area contributed by atoms with Crippen molar-refractivity contribution in [3.8, 4) is 0 Å². The molecule has 112 valence electrons. The lowest BCUT2D eigenvalue weighted by atomic mass is 9.88. The molecule has 1 saturated heterocycles. The van der Waals surface area contributed by atoms with Gasteiger partial charge in [0.2, 0.25) is 0 Å². The number of nitrogens with two attached hydrogens (primary N) is 1. The lowest BCUT2D eigenvalue weighted by molar-refractivity contribution is 0.0486. The Bertz CT molecular complexity index is 284. The first-order valence-corrected chi connectivity index (χ1v) is 7.39. The number of aliphatic hydroxyl groups excluding tert-OH is 1. The number of hydrogen-bond acceptors (Lipinski definition) is 3. The van der Waals surface area contributed by atoms with Crippen molar-refractivity contribution >= 4 is 6.03 Å². The van der Waals surface area contributed by atoms with Crippen molar-refractivity contribution in [3.63, 3.8) is 0 Å². The number of carbonyl (C=O) groups is 1. The number of urea groups is 1. The van der Waals surface area contributed by atoms with Gasteiger partial charge in [-0.15, -0.1) is 0 Å². The monoisotopic (exact) mass is 271 g/mol. The van der Waals surface area contributed by atoms with Gasteiger partial charge in [-0.25, -0.2) is 4.79 Å². The molecule has 1 aliphatic rings. The van der Waals surface area contributed by atoms with Crippen molar-refractivity contribution in [2.45, 2.75) is 52.2 Å². The summed E-state index contributed by atoms with van der Waals surface area (Å²) in [6.07, 6.45) is 2.40. The molecule has 3 unspecified atom stereocenters. The fourth-order valence-corrected chi connectivity index (χ4v) is 2.65. The number of hydrogen-bond donors (Lipinski definition) is 3. The molecule has 0 aromatic carbocycles. The van der Waals surface area contributed by atoms with Gasteiger partial charge >= 0.3 is 6.03 Å². The van der Waals surface area contributed by atoms with Crippen LogP contribution < -0.4 is 11.1 Å². The minimum absolute atomic E-state index is 0.128. The zero-order chi connectivity index (χ0) is 14.4. The maximum atomic E-state index is 11.4. The number of aliphatic hydroxyl groups is 1. The Labute approximate surface area is 116 Å². The molecule has 0 spiro atoms. The molecule has 5 nitrogen and oxygen atoms in total. The summed E-state index contributed by atoms with van der Waals surface area (Å²) < 4.78 is 0. The van der Waals surface area contributed by atoms with Crippen molar-refractivity contribution in [2.24, 2.45) is 17.6 Å². The van der Waals surface area contributed by atoms with Crippen LogP contribution in [-0.4, -0.2) is 47.8 Å². The van der Waals surface area contributed by atoms with E-state index >= 15 is 0 Å². The number of carbonyl (C=O) groups excluding carboxylic acids is 1. The van der Waals surface area contributed by atoms with E-state index in [0.717, 1.165) is 25.8 Å². The van der Waals surface area contributed by atoms with Crippen LogP contribution in [0.5, 0.6) is 0 Å². The van der Waals surface area contributed by atoms with Crippen LogP contribution in [0.15, 0.2) is 0 Å². The highest BCUT2D eigenvalue weighted by molar-refractivity contribution is 5.72. The van der Waals surface area contributed by atoms with Gasteiger partial charge < -0.3 is 21.1 Å². The molecule has 0 aromatic rings. The van der Waals surface area contributed by atoms with Crippen molar-refractivity contribution < 1.29 is 9.90 Å². The van der Waals surface area contributed by atoms with Gasteiger partial charge in [-0.3, -0.25) is 0 Å². The number of rotatable bonds is 6. The maximum Gasteiger partial charge on any atom is 0.314 e. The highest BCUT2D eigenvalue weighted by Crippen LogP contribution is 2.22. The normalized spacial score (nSPS) is 25.6. The average molecular weight is 271 g/mol. The predicted octanol–water partition coefficient (Wildman–Crippen LogP) is 1.16. The molecular formula is C14H29N3O2. The number of primary amides is 1. The Hall–Kier alpha value is -0.810. The third-order valence-electron chi connectivity index (χ3n) is 3.91. The predicted molar refractivity (Wildman–Crippen MR) is 76.8 cm³/mol. The van der Waals surface area contributed by atoms with E-state index < -0.39 is 0 Å². The number of nitrogens with zero attached hydrogens (tertiary/aromatic N) is 1. The van der Waals surface area contributed by atoms with E-state index in [2.05, 4.69) is 19.2 Å². The van der Waals surface area contributed by atoms with Crippen molar-refractivity contribution in [1.82, 2.24) is 10.2 Å². The SMILES string of the molecule is CCC(O)C1CC(NCCC(C)C)CN(C(N)=O)C1. The summed E-state index contributed by atoms with van der Waals surface area (Å²) in [7, 11) is 0. The van der Waals surface area contributed by atoms with Crippen LogP contribution in [-0.2, 0) is 0 Å². The van der Waals surface area contributed by atoms with Crippen LogP contribution >= 0.6 is 0 Å². The molecule has 1 heterocycles. The van der Waals surface area contributed by atoms with Crippen LogP contribution in [0, 0.1) is 11.8 Å². The Morgan fingerprint density at radius 3 is 2.68 bits per heavy atom. The maximum absolute atomic E-state index is 11.4. The molecule has 3 atom stereocenters. The van der Waals surface area contributed by atoms with E-state index in [-0.39, 0.29) is 24.1 Å². The van der Waals surface area contributed by atoms with Gasteiger partial charge in [0.25, 0.3) is 0 Å². The quantitative estimate of drug-likeness (QED) is 0.678. The lowest BCUT2D eigenvalue weighted by Crippen LogP contribution is -2.55. The standard InChI is InChI=1S/C14H29N3O2/c1-4-13(18)11-7-12(16-6-5-10(2)3)9-17(8-11)14(15)19/h10-13,16,18H,4-9H2,1-3H3,(H2,15,19). The van der Waals surface area contributed by atoms with Gasteiger partial charge in [-0.2, -0.15) is 0 Å². The second kappa shape index (κ2) is 7.70. The van der Waals surface area contributed by atoms with Gasteiger partial charge in [0, 0.05) is 25.0 Å². The van der Waals surface area contributed by atoms with Crippen LogP contribution in [0.25, 0.3) is 0 Å². The summed E-state index contributed by atoms with van der Waals surface area (Å²) in [5, 5.41) is 13.5. The average Bonchev–Trinajstić information content (AvgIpc) is 2.37. The summed E-state index contributed by atoms with van der Waals surface area (Å²) in [6.45, 7) is 8.54. The molecule has 0 radical (unpaired) electrons. The van der Waals surface area contributed by atoms with Gasteiger partial charge in [-0.05, 0) is 31.7 Å². The second-order valence-electron chi connectivity index (χ2n) is 6.05. The minimum Gasteiger partial charge on any atom is -0.393 e. The van der Waals surface area contributed by atoms with Crippen LogP contribution in [0.4, 0.5) is 4.79 Å². The van der Waals surface area contributed by atoms with Crippen LogP contribution in [0.1, 0.15) is 40.0 Å². The summed E-state index contributed by atoms with van der Waals surface area (Å²) in [5.41, 5.74) is 5.39. The Kier molecular flexibility index (Phi) is 6.58. The fourth-order valence-electron chi connectivity index (χ4n) is 2.65. The topological polar surface area (TPSA) is 78.6 Å². The van der Waals surface area contributed by atoms with E-state index in [1.165, 1.54) is 0 Å². The molecule has 19 heavy (non-hydrogen) atoms. The van der Waals surface area contributed by atoms with Crippen molar-refractivity contribution in [1.29, 1.82) is 0 Å². The van der Waals surface area contributed by atoms with E-state index in [4.69, 9.17) is 5.73 Å². The summed E-state index contributed by atoms with van der Waals surface area (Å²) in [5.74, 6) is 0.795. The molecule has 5 heteroatoms. The summed E-state index contributed by atoms with van der Waals surface area (Å²) >= 11 is 0. The molecule has 1 aliphatic heterocycles. The number of amides is 2. The van der Waals surface area contributed by atoms with Crippen molar-refractivity contribution in [2.75, 3.05) is 19.6 Å². The first kappa shape index (κ1) is 16.2. The summed E-state index contributed by atoms with van der Waals surface area (Å²) in [4.78, 5) is 13.0. The van der Waals surface area contributed by atoms with Crippen LogP contribution in [0.2, 0.25) is 0 Å². The molecule has 1 fully saturated rings. The third kappa shape index (κ3) is 5.37. The van der Waals surface area contributed by atoms with E-state index in [1.807, 2.05) is 6.92 Å². The zero-order valence-electron chi connectivity index (χ0n) is 12.4. The lowest BCUT2D eigenvalue weighted by Gasteiger charge is -2.39. The molecule has 4 N–H and O–H groups in total. The molecule has 1 rings (SSSR count). The molecule has 0 bridgehead atoms. The number of nitrogens with one attached hydrogen (secondary N) is 1. The van der Waals surface area contributed by atoms with Crippen molar-refractivity contribution in [3.05, 3.63) is 0 Å². The number of likely N-dealkylation sites (tertiary alicyclic amines) is 1. The highest BCUT2D eigenvalue weighted by Gasteiger charge is 2.32. The van der Waals surface area contributed by atoms with Gasteiger partial charge in [0.15, 0.2) is 0 Å². The molecular weight excluding hydrogens is 242 g/mol. The number of piperidine rings is 1. The Morgan fingerprint density at radius 1 is 1.47 bits per heavy atom. The zero-order valence-corrected chi connectivity index (χ0v) is 12.4. The van der Waals surface area contributed by atoms with E-state index in [1.54, 1.807) is 4.90 Å². The van der Waals surface area contributed by atoms with E-state index in [9.17, 15) is 9.90 Å². The molecule has 2 amide bonds. The Morgan fingerprint density at radius 2 is 2.16 bits per heavy atom. The van der Waals surface area contributed by atoms with Gasteiger partial charge in [-0.1, -0.05) is 20.8 Å². The molecule has 0 saturated carbocycles. The third-order valence-corrected chi connectivity index (χ3v) is 3.91. The van der Waals surface area contributed by atoms with Gasteiger partial charge in [0.05, 0.1) is 6.10 Å². The fraction of sp³-hybridized carbons (Fsp3) is 0.929. The molecule has 0 aromatic heterocycles.